The van der Waals surface area contributed by atoms with Gasteiger partial charge in [0.25, 0.3) is 0 Å². The van der Waals surface area contributed by atoms with E-state index in [1.165, 1.54) is 4.31 Å². The Hall–Kier alpha value is -0.910. The second-order valence-corrected chi connectivity index (χ2v) is 8.31. The molecule has 4 nitrogen and oxygen atoms in total. The van der Waals surface area contributed by atoms with Crippen LogP contribution in [0.3, 0.4) is 0 Å². The first-order valence-corrected chi connectivity index (χ1v) is 8.97. The number of benzene rings is 1. The minimum Gasteiger partial charge on any atom is -0.306 e. The Morgan fingerprint density at radius 1 is 1.24 bits per heavy atom. The third-order valence-corrected chi connectivity index (χ3v) is 6.36. The zero-order chi connectivity index (χ0) is 15.6. The van der Waals surface area contributed by atoms with Crippen LogP contribution < -0.4 is 0 Å². The van der Waals surface area contributed by atoms with Gasteiger partial charge in [0.05, 0.1) is 4.90 Å². The van der Waals surface area contributed by atoms with Gasteiger partial charge in [-0.3, -0.25) is 0 Å². The number of hydrogen-bond donors (Lipinski definition) is 0. The second-order valence-electron chi connectivity index (χ2n) is 6.30. The lowest BCUT2D eigenvalue weighted by atomic mass is 9.97. The van der Waals surface area contributed by atoms with E-state index in [0.29, 0.717) is 17.4 Å². The first-order valence-electron chi connectivity index (χ1n) is 7.53. The first-order chi connectivity index (χ1) is 9.80. The molecule has 118 valence electrons. The molecule has 1 aromatic rings. The van der Waals surface area contributed by atoms with Crippen LogP contribution in [-0.2, 0) is 10.0 Å². The van der Waals surface area contributed by atoms with Crippen molar-refractivity contribution in [3.05, 3.63) is 29.3 Å². The van der Waals surface area contributed by atoms with Gasteiger partial charge < -0.3 is 4.90 Å². The molecule has 0 spiro atoms. The van der Waals surface area contributed by atoms with Gasteiger partial charge >= 0.3 is 0 Å². The zero-order valence-electron chi connectivity index (χ0n) is 13.5. The van der Waals surface area contributed by atoms with E-state index >= 15 is 0 Å². The normalized spacial score (nSPS) is 18.3. The highest BCUT2D eigenvalue weighted by molar-refractivity contribution is 7.89. The smallest absolute Gasteiger partial charge is 0.243 e. The van der Waals surface area contributed by atoms with Gasteiger partial charge in [-0.05, 0) is 64.4 Å². The van der Waals surface area contributed by atoms with E-state index in [4.69, 9.17) is 0 Å². The quantitative estimate of drug-likeness (QED) is 0.856. The predicted octanol–water partition coefficient (Wildman–Crippen LogP) is 2.27. The van der Waals surface area contributed by atoms with E-state index in [-0.39, 0.29) is 0 Å². The summed E-state index contributed by atoms with van der Waals surface area (Å²) in [6.45, 7) is 6.57. The monoisotopic (exact) mass is 310 g/mol. The molecule has 1 aliphatic heterocycles. The summed E-state index contributed by atoms with van der Waals surface area (Å²) in [5, 5.41) is 0. The molecule has 0 bridgehead atoms. The molecule has 0 saturated carbocycles. The first kappa shape index (κ1) is 16.5. The summed E-state index contributed by atoms with van der Waals surface area (Å²) in [5.41, 5.74) is 1.91. The molecule has 0 radical (unpaired) electrons. The van der Waals surface area contributed by atoms with Crippen molar-refractivity contribution in [2.75, 3.05) is 33.7 Å². The van der Waals surface area contributed by atoms with E-state index in [2.05, 4.69) is 11.9 Å². The Balaban J connectivity index is 2.11. The van der Waals surface area contributed by atoms with Crippen LogP contribution in [0.25, 0.3) is 0 Å². The van der Waals surface area contributed by atoms with Crippen molar-refractivity contribution in [2.45, 2.75) is 31.6 Å². The Bertz CT molecular complexity index is 590. The minimum atomic E-state index is -3.38. The highest BCUT2D eigenvalue weighted by Crippen LogP contribution is 2.23. The van der Waals surface area contributed by atoms with Crippen LogP contribution in [0.15, 0.2) is 23.1 Å². The van der Waals surface area contributed by atoms with Crippen LogP contribution in [-0.4, -0.2) is 51.4 Å². The number of nitrogens with zero attached hydrogens (tertiary/aromatic N) is 2. The maximum Gasteiger partial charge on any atom is 0.243 e. The molecule has 5 heteroatoms. The van der Waals surface area contributed by atoms with E-state index in [1.54, 1.807) is 13.1 Å². The molecule has 0 unspecified atom stereocenters. The fourth-order valence-corrected chi connectivity index (χ4v) is 4.41. The van der Waals surface area contributed by atoms with Crippen molar-refractivity contribution >= 4 is 10.0 Å². The zero-order valence-corrected chi connectivity index (χ0v) is 14.3. The maximum atomic E-state index is 12.7. The van der Waals surface area contributed by atoms with Gasteiger partial charge in [0, 0.05) is 13.6 Å². The second kappa shape index (κ2) is 6.46. The predicted molar refractivity (Wildman–Crippen MR) is 86.0 cm³/mol. The average molecular weight is 310 g/mol. The van der Waals surface area contributed by atoms with Crippen LogP contribution in [0.4, 0.5) is 0 Å². The molecule has 2 rings (SSSR count). The summed E-state index contributed by atoms with van der Waals surface area (Å²) < 4.78 is 27.0. The van der Waals surface area contributed by atoms with E-state index in [1.807, 2.05) is 26.0 Å². The van der Waals surface area contributed by atoms with Gasteiger partial charge in [-0.25, -0.2) is 12.7 Å². The Morgan fingerprint density at radius 3 is 2.43 bits per heavy atom. The lowest BCUT2D eigenvalue weighted by molar-refractivity contribution is 0.202. The summed E-state index contributed by atoms with van der Waals surface area (Å²) in [6.07, 6.45) is 2.15. The lowest BCUT2D eigenvalue weighted by Crippen LogP contribution is -2.38. The largest absolute Gasteiger partial charge is 0.306 e. The molecular weight excluding hydrogens is 284 g/mol. The van der Waals surface area contributed by atoms with E-state index in [0.717, 1.165) is 37.1 Å². The summed E-state index contributed by atoms with van der Waals surface area (Å²) in [7, 11) is 0.439. The van der Waals surface area contributed by atoms with Crippen LogP contribution in [0.2, 0.25) is 0 Å². The molecule has 0 N–H and O–H groups in total. The number of hydrogen-bond acceptors (Lipinski definition) is 3. The third-order valence-electron chi connectivity index (χ3n) is 4.37. The molecule has 1 aromatic carbocycles. The molecular formula is C16H26N2O2S. The Labute approximate surface area is 128 Å². The summed E-state index contributed by atoms with van der Waals surface area (Å²) in [4.78, 5) is 2.73. The number of likely N-dealkylation sites (tertiary alicyclic amines) is 1. The van der Waals surface area contributed by atoms with Crippen molar-refractivity contribution in [2.24, 2.45) is 5.92 Å². The maximum absolute atomic E-state index is 12.7. The van der Waals surface area contributed by atoms with Crippen molar-refractivity contribution in [3.63, 3.8) is 0 Å². The number of sulfonamides is 1. The number of aryl methyl sites for hydroxylation is 2. The molecule has 0 aromatic heterocycles. The number of rotatable bonds is 4. The van der Waals surface area contributed by atoms with Gasteiger partial charge in [0.1, 0.15) is 0 Å². The third kappa shape index (κ3) is 3.84. The van der Waals surface area contributed by atoms with Gasteiger partial charge in [-0.15, -0.1) is 0 Å². The van der Waals surface area contributed by atoms with Crippen LogP contribution in [0.5, 0.6) is 0 Å². The van der Waals surface area contributed by atoms with Gasteiger partial charge in [-0.1, -0.05) is 17.7 Å². The highest BCUT2D eigenvalue weighted by Gasteiger charge is 2.26. The summed E-state index contributed by atoms with van der Waals surface area (Å²) in [5.74, 6) is 0.465. The fourth-order valence-electron chi connectivity index (χ4n) is 2.96. The van der Waals surface area contributed by atoms with Crippen molar-refractivity contribution < 1.29 is 8.42 Å². The standard InChI is InChI=1S/C16H26N2O2S/c1-13-5-6-16(14(2)11-13)21(19,20)18(4)12-15-7-9-17(3)10-8-15/h5-6,11,15H,7-10,12H2,1-4H3. The van der Waals surface area contributed by atoms with Crippen molar-refractivity contribution in [1.29, 1.82) is 0 Å². The molecule has 0 amide bonds. The van der Waals surface area contributed by atoms with Gasteiger partial charge in [0.2, 0.25) is 10.0 Å². The topological polar surface area (TPSA) is 40.6 Å². The van der Waals surface area contributed by atoms with E-state index in [9.17, 15) is 8.42 Å². The van der Waals surface area contributed by atoms with Crippen molar-refractivity contribution in [1.82, 2.24) is 9.21 Å². The number of piperidine rings is 1. The molecule has 1 saturated heterocycles. The summed E-state index contributed by atoms with van der Waals surface area (Å²) >= 11 is 0. The fraction of sp³-hybridized carbons (Fsp3) is 0.625. The Kier molecular flexibility index (Phi) is 5.07. The minimum absolute atomic E-state index is 0.434. The molecule has 21 heavy (non-hydrogen) atoms. The molecule has 0 aliphatic carbocycles. The van der Waals surface area contributed by atoms with E-state index < -0.39 is 10.0 Å². The molecule has 1 heterocycles. The lowest BCUT2D eigenvalue weighted by Gasteiger charge is -2.31. The molecule has 0 atom stereocenters. The average Bonchev–Trinajstić information content (AvgIpc) is 2.40. The van der Waals surface area contributed by atoms with Crippen LogP contribution >= 0.6 is 0 Å². The van der Waals surface area contributed by atoms with Gasteiger partial charge in [0.15, 0.2) is 0 Å². The van der Waals surface area contributed by atoms with Gasteiger partial charge in [-0.2, -0.15) is 0 Å². The summed E-state index contributed by atoms with van der Waals surface area (Å²) in [6, 6.07) is 5.52. The molecule has 1 fully saturated rings. The SMILES string of the molecule is Cc1ccc(S(=O)(=O)N(C)CC2CCN(C)CC2)c(C)c1. The molecule has 1 aliphatic rings. The highest BCUT2D eigenvalue weighted by atomic mass is 32.2. The van der Waals surface area contributed by atoms with Crippen molar-refractivity contribution in [3.8, 4) is 0 Å². The van der Waals surface area contributed by atoms with Crippen LogP contribution in [0, 0.1) is 19.8 Å². The van der Waals surface area contributed by atoms with Crippen LogP contribution in [0.1, 0.15) is 24.0 Å². The Morgan fingerprint density at radius 2 is 1.86 bits per heavy atom.